The summed E-state index contributed by atoms with van der Waals surface area (Å²) in [5, 5.41) is 13.4. The number of ether oxygens (including phenoxy) is 1. The standard InChI is InChI=1S/C15H18ClNO2/c16-13-1-2-14-12(6-13)5-11(8-19-14)7-17-9-15(10-18)3-4-15/h1-2,5-6,17-18H,3-4,7-10H2. The third kappa shape index (κ3) is 2.94. The van der Waals surface area contributed by atoms with Gasteiger partial charge in [-0.25, -0.2) is 0 Å². The Hall–Kier alpha value is -1.03. The van der Waals surface area contributed by atoms with Crippen LogP contribution < -0.4 is 10.1 Å². The molecule has 2 N–H and O–H groups in total. The van der Waals surface area contributed by atoms with Gasteiger partial charge in [0.25, 0.3) is 0 Å². The van der Waals surface area contributed by atoms with Crippen LogP contribution in [-0.2, 0) is 0 Å². The van der Waals surface area contributed by atoms with Crippen molar-refractivity contribution >= 4 is 17.7 Å². The minimum Gasteiger partial charge on any atom is -0.489 e. The molecule has 1 heterocycles. The fraction of sp³-hybridized carbons (Fsp3) is 0.467. The molecule has 0 unspecified atom stereocenters. The number of halogens is 1. The van der Waals surface area contributed by atoms with Crippen LogP contribution in [0.2, 0.25) is 5.02 Å². The number of hydrogen-bond donors (Lipinski definition) is 2. The van der Waals surface area contributed by atoms with E-state index in [1.54, 1.807) is 0 Å². The van der Waals surface area contributed by atoms with Crippen molar-refractivity contribution < 1.29 is 9.84 Å². The number of hydrogen-bond acceptors (Lipinski definition) is 3. The van der Waals surface area contributed by atoms with E-state index in [2.05, 4.69) is 11.4 Å². The van der Waals surface area contributed by atoms with Crippen LogP contribution in [0, 0.1) is 5.41 Å². The second-order valence-electron chi connectivity index (χ2n) is 5.54. The number of fused-ring (bicyclic) bond motifs is 1. The van der Waals surface area contributed by atoms with Crippen molar-refractivity contribution in [3.05, 3.63) is 34.4 Å². The molecule has 1 aromatic carbocycles. The lowest BCUT2D eigenvalue weighted by Gasteiger charge is -2.19. The lowest BCUT2D eigenvalue weighted by Crippen LogP contribution is -2.29. The largest absolute Gasteiger partial charge is 0.489 e. The summed E-state index contributed by atoms with van der Waals surface area (Å²) in [6.07, 6.45) is 4.39. The van der Waals surface area contributed by atoms with Gasteiger partial charge in [-0.3, -0.25) is 0 Å². The number of benzene rings is 1. The van der Waals surface area contributed by atoms with E-state index in [1.165, 1.54) is 5.57 Å². The van der Waals surface area contributed by atoms with E-state index in [0.29, 0.717) is 6.61 Å². The van der Waals surface area contributed by atoms with Crippen LogP contribution in [0.5, 0.6) is 5.75 Å². The van der Waals surface area contributed by atoms with Crippen LogP contribution in [0.1, 0.15) is 18.4 Å². The predicted molar refractivity (Wildman–Crippen MR) is 76.5 cm³/mol. The van der Waals surface area contributed by atoms with Gasteiger partial charge in [-0.05, 0) is 42.7 Å². The summed E-state index contributed by atoms with van der Waals surface area (Å²) in [7, 11) is 0. The Kier molecular flexibility index (Phi) is 3.52. The Balaban J connectivity index is 1.60. The third-order valence-electron chi connectivity index (χ3n) is 3.89. The van der Waals surface area contributed by atoms with Gasteiger partial charge in [0.2, 0.25) is 0 Å². The maximum Gasteiger partial charge on any atom is 0.127 e. The minimum atomic E-state index is 0.150. The van der Waals surface area contributed by atoms with Gasteiger partial charge in [0.15, 0.2) is 0 Å². The molecule has 19 heavy (non-hydrogen) atoms. The van der Waals surface area contributed by atoms with Crippen LogP contribution >= 0.6 is 11.6 Å². The van der Waals surface area contributed by atoms with Gasteiger partial charge in [0.1, 0.15) is 12.4 Å². The van der Waals surface area contributed by atoms with Gasteiger partial charge in [-0.1, -0.05) is 11.6 Å². The second-order valence-corrected chi connectivity index (χ2v) is 5.97. The lowest BCUT2D eigenvalue weighted by atomic mass is 10.1. The van der Waals surface area contributed by atoms with Gasteiger partial charge >= 0.3 is 0 Å². The van der Waals surface area contributed by atoms with Crippen LogP contribution in [0.25, 0.3) is 6.08 Å². The van der Waals surface area contributed by atoms with Gasteiger partial charge in [-0.2, -0.15) is 0 Å². The first kappa shape index (κ1) is 13.0. The fourth-order valence-electron chi connectivity index (χ4n) is 2.35. The zero-order valence-corrected chi connectivity index (χ0v) is 11.5. The Bertz CT molecular complexity index is 509. The minimum absolute atomic E-state index is 0.150. The molecule has 0 aromatic heterocycles. The Labute approximate surface area is 118 Å². The lowest BCUT2D eigenvalue weighted by molar-refractivity contribution is 0.208. The molecule has 1 fully saturated rings. The second kappa shape index (κ2) is 5.16. The van der Waals surface area contributed by atoms with Gasteiger partial charge in [0.05, 0.1) is 0 Å². The van der Waals surface area contributed by atoms with Crippen molar-refractivity contribution in [2.24, 2.45) is 5.41 Å². The van der Waals surface area contributed by atoms with Crippen molar-refractivity contribution in [2.45, 2.75) is 12.8 Å². The molecular weight excluding hydrogens is 262 g/mol. The van der Waals surface area contributed by atoms with E-state index in [0.717, 1.165) is 42.3 Å². The molecular formula is C15H18ClNO2. The number of aliphatic hydroxyl groups excluding tert-OH is 1. The SMILES string of the molecule is OCC1(CNCC2=Cc3cc(Cl)ccc3OC2)CC1. The molecule has 3 nitrogen and oxygen atoms in total. The van der Waals surface area contributed by atoms with Gasteiger partial charge < -0.3 is 15.2 Å². The molecule has 0 saturated heterocycles. The normalized spacial score (nSPS) is 19.4. The van der Waals surface area contributed by atoms with E-state index < -0.39 is 0 Å². The average Bonchev–Trinajstić information content (AvgIpc) is 3.19. The van der Waals surface area contributed by atoms with E-state index in [4.69, 9.17) is 16.3 Å². The highest BCUT2D eigenvalue weighted by molar-refractivity contribution is 6.30. The van der Waals surface area contributed by atoms with E-state index >= 15 is 0 Å². The zero-order valence-electron chi connectivity index (χ0n) is 10.8. The first-order chi connectivity index (χ1) is 9.21. The first-order valence-corrected chi connectivity index (χ1v) is 7.02. The summed E-state index contributed by atoms with van der Waals surface area (Å²) >= 11 is 5.99. The molecule has 0 radical (unpaired) electrons. The topological polar surface area (TPSA) is 41.5 Å². The summed E-state index contributed by atoms with van der Waals surface area (Å²) in [6, 6.07) is 5.67. The molecule has 2 aliphatic rings. The molecule has 1 saturated carbocycles. The predicted octanol–water partition coefficient (Wildman–Crippen LogP) is 2.48. The maximum absolute atomic E-state index is 9.26. The molecule has 0 amide bonds. The smallest absolute Gasteiger partial charge is 0.127 e. The van der Waals surface area contributed by atoms with Crippen LogP contribution in [0.4, 0.5) is 0 Å². The number of nitrogens with one attached hydrogen (secondary N) is 1. The molecule has 4 heteroatoms. The summed E-state index contributed by atoms with van der Waals surface area (Å²) < 4.78 is 5.70. The molecule has 1 aromatic rings. The van der Waals surface area contributed by atoms with Crippen molar-refractivity contribution in [1.29, 1.82) is 0 Å². The molecule has 1 aliphatic carbocycles. The summed E-state index contributed by atoms with van der Waals surface area (Å²) in [5.41, 5.74) is 2.40. The van der Waals surface area contributed by atoms with Gasteiger partial charge in [0, 0.05) is 35.7 Å². The summed E-state index contributed by atoms with van der Waals surface area (Å²) in [4.78, 5) is 0. The van der Waals surface area contributed by atoms with E-state index in [9.17, 15) is 5.11 Å². The van der Waals surface area contributed by atoms with Crippen molar-refractivity contribution in [3.8, 4) is 5.75 Å². The van der Waals surface area contributed by atoms with Crippen molar-refractivity contribution in [1.82, 2.24) is 5.32 Å². The quantitative estimate of drug-likeness (QED) is 0.870. The van der Waals surface area contributed by atoms with Crippen LogP contribution in [0.3, 0.4) is 0 Å². The van der Waals surface area contributed by atoms with Crippen molar-refractivity contribution in [2.75, 3.05) is 26.3 Å². The molecule has 1 aliphatic heterocycles. The van der Waals surface area contributed by atoms with Gasteiger partial charge in [-0.15, -0.1) is 0 Å². The Morgan fingerprint density at radius 2 is 2.21 bits per heavy atom. The first-order valence-electron chi connectivity index (χ1n) is 6.64. The van der Waals surface area contributed by atoms with Crippen molar-refractivity contribution in [3.63, 3.8) is 0 Å². The number of aliphatic hydroxyl groups is 1. The Morgan fingerprint density at radius 1 is 1.37 bits per heavy atom. The maximum atomic E-state index is 9.26. The highest BCUT2D eigenvalue weighted by Crippen LogP contribution is 2.44. The van der Waals surface area contributed by atoms with E-state index in [1.807, 2.05) is 18.2 Å². The molecule has 0 spiro atoms. The average molecular weight is 280 g/mol. The Morgan fingerprint density at radius 3 is 2.95 bits per heavy atom. The highest BCUT2D eigenvalue weighted by Gasteiger charge is 2.41. The monoisotopic (exact) mass is 279 g/mol. The van der Waals surface area contributed by atoms with Crippen LogP contribution in [0.15, 0.2) is 23.8 Å². The summed E-state index contributed by atoms with van der Waals surface area (Å²) in [6.45, 7) is 2.58. The number of rotatable bonds is 5. The fourth-order valence-corrected chi connectivity index (χ4v) is 2.53. The van der Waals surface area contributed by atoms with E-state index in [-0.39, 0.29) is 12.0 Å². The molecule has 0 bridgehead atoms. The molecule has 102 valence electrons. The summed E-state index contributed by atoms with van der Waals surface area (Å²) in [5.74, 6) is 0.891. The highest BCUT2D eigenvalue weighted by atomic mass is 35.5. The molecule has 0 atom stereocenters. The molecule has 3 rings (SSSR count). The zero-order chi connectivity index (χ0) is 13.3. The van der Waals surface area contributed by atoms with Crippen LogP contribution in [-0.4, -0.2) is 31.4 Å². The third-order valence-corrected chi connectivity index (χ3v) is 4.12.